The van der Waals surface area contributed by atoms with Crippen LogP contribution in [0, 0.1) is 35.5 Å². The molecule has 320 valence electrons. The highest BCUT2D eigenvalue weighted by Gasteiger charge is 2.50. The zero-order valence-electron chi connectivity index (χ0n) is 35.6. The molecule has 0 aromatic carbocycles. The van der Waals surface area contributed by atoms with Gasteiger partial charge in [0.05, 0.1) is 42.9 Å². The standard InChI is InChI=1S/C44H73NO11/c1-10-12-32-18-26(2)17-27(3)19-38(53-8)42-39(54-9)21-29(5)44(51,56-42)24-40(49)45-16-11-13-33(25-45)43(50)55-41(30(6)35(47)23-36(32)48)28(4)20-31-14-15-34(46)37(22-31)52-7/h18,20,27,29-35,37-39,41-42,46-47,51H,10-17,19,21-25H2,1-9H3/b26-18+,28-20-/t27-,29-,30+,31+,32+,33-,34-,35-,37-,38+,39+,41?,42?,44-/m1/s1. The second-order valence-electron chi connectivity index (χ2n) is 17.7. The Kier molecular flexibility index (Phi) is 17.6. The molecule has 4 bridgehead atoms. The Morgan fingerprint density at radius 2 is 1.62 bits per heavy atom. The molecule has 1 amide bonds. The van der Waals surface area contributed by atoms with E-state index in [9.17, 15) is 29.7 Å². The van der Waals surface area contributed by atoms with Gasteiger partial charge in [0.2, 0.25) is 5.91 Å². The molecule has 1 aliphatic carbocycles. The van der Waals surface area contributed by atoms with Gasteiger partial charge in [-0.1, -0.05) is 51.8 Å². The number of allylic oxidation sites excluding steroid dienone is 3. The highest BCUT2D eigenvalue weighted by Crippen LogP contribution is 2.40. The van der Waals surface area contributed by atoms with Gasteiger partial charge >= 0.3 is 5.97 Å². The lowest BCUT2D eigenvalue weighted by Crippen LogP contribution is -2.59. The Hall–Kier alpha value is -2.19. The predicted molar refractivity (Wildman–Crippen MR) is 212 cm³/mol. The third-order valence-electron chi connectivity index (χ3n) is 13.1. The third kappa shape index (κ3) is 11.9. The first kappa shape index (κ1) is 46.5. The molecule has 3 fully saturated rings. The van der Waals surface area contributed by atoms with Gasteiger partial charge in [0.1, 0.15) is 18.0 Å². The average molecular weight is 792 g/mol. The molecule has 4 aliphatic rings. The average Bonchev–Trinajstić information content (AvgIpc) is 3.16. The van der Waals surface area contributed by atoms with Crippen molar-refractivity contribution in [2.24, 2.45) is 35.5 Å². The largest absolute Gasteiger partial charge is 0.457 e. The molecule has 1 saturated carbocycles. The van der Waals surface area contributed by atoms with Gasteiger partial charge in [0.15, 0.2) is 5.79 Å². The molecule has 12 nitrogen and oxygen atoms in total. The maximum Gasteiger partial charge on any atom is 0.311 e. The summed E-state index contributed by atoms with van der Waals surface area (Å²) >= 11 is 0. The zero-order chi connectivity index (χ0) is 41.3. The van der Waals surface area contributed by atoms with E-state index in [1.54, 1.807) is 26.2 Å². The molecular weight excluding hydrogens is 718 g/mol. The fourth-order valence-electron chi connectivity index (χ4n) is 9.63. The molecule has 14 atom stereocenters. The smallest absolute Gasteiger partial charge is 0.311 e. The second kappa shape index (κ2) is 21.2. The van der Waals surface area contributed by atoms with Crippen LogP contribution in [0.5, 0.6) is 0 Å². The van der Waals surface area contributed by atoms with Crippen molar-refractivity contribution in [3.05, 3.63) is 23.3 Å². The Bertz CT molecular complexity index is 1370. The van der Waals surface area contributed by atoms with Crippen molar-refractivity contribution in [3.8, 4) is 0 Å². The molecule has 0 aromatic heterocycles. The molecule has 0 aromatic rings. The number of esters is 1. The van der Waals surface area contributed by atoms with Crippen LogP contribution in [0.4, 0.5) is 0 Å². The van der Waals surface area contributed by atoms with Crippen molar-refractivity contribution < 1.29 is 53.4 Å². The van der Waals surface area contributed by atoms with Crippen LogP contribution in [0.2, 0.25) is 0 Å². The number of rotatable bonds is 7. The van der Waals surface area contributed by atoms with Crippen LogP contribution in [0.15, 0.2) is 23.3 Å². The molecule has 3 aliphatic heterocycles. The molecule has 0 spiro atoms. The summed E-state index contributed by atoms with van der Waals surface area (Å²) in [6.07, 6.45) is 5.88. The van der Waals surface area contributed by atoms with E-state index in [0.29, 0.717) is 57.9 Å². The number of aliphatic hydroxyl groups excluding tert-OH is 2. The van der Waals surface area contributed by atoms with Crippen molar-refractivity contribution in [1.29, 1.82) is 0 Å². The van der Waals surface area contributed by atoms with E-state index in [1.165, 1.54) is 0 Å². The van der Waals surface area contributed by atoms with Crippen LogP contribution in [0.1, 0.15) is 119 Å². The van der Waals surface area contributed by atoms with Gasteiger partial charge in [-0.3, -0.25) is 14.4 Å². The minimum Gasteiger partial charge on any atom is -0.457 e. The van der Waals surface area contributed by atoms with E-state index in [1.807, 2.05) is 40.7 Å². The van der Waals surface area contributed by atoms with Gasteiger partial charge in [-0.25, -0.2) is 0 Å². The number of hydrogen-bond donors (Lipinski definition) is 3. The molecule has 2 saturated heterocycles. The maximum absolute atomic E-state index is 14.1. The summed E-state index contributed by atoms with van der Waals surface area (Å²) in [4.78, 5) is 43.6. The number of fused-ring (bicyclic) bond motifs is 4. The number of hydrogen-bond acceptors (Lipinski definition) is 11. The number of carbonyl (C=O) groups is 3. The van der Waals surface area contributed by atoms with E-state index in [0.717, 1.165) is 24.0 Å². The van der Waals surface area contributed by atoms with E-state index in [4.69, 9.17) is 23.7 Å². The molecule has 4 rings (SSSR count). The van der Waals surface area contributed by atoms with Crippen LogP contribution in [0.25, 0.3) is 0 Å². The molecule has 56 heavy (non-hydrogen) atoms. The zero-order valence-corrected chi connectivity index (χ0v) is 35.6. The highest BCUT2D eigenvalue weighted by molar-refractivity contribution is 5.83. The van der Waals surface area contributed by atoms with Crippen LogP contribution in [-0.4, -0.2) is 121 Å². The summed E-state index contributed by atoms with van der Waals surface area (Å²) in [6.45, 7) is 12.4. The molecule has 12 heteroatoms. The number of piperidine rings is 1. The number of cyclic esters (lactones) is 1. The van der Waals surface area contributed by atoms with Crippen molar-refractivity contribution in [3.63, 3.8) is 0 Å². The monoisotopic (exact) mass is 792 g/mol. The molecule has 3 heterocycles. The quantitative estimate of drug-likeness (QED) is 0.219. The first-order valence-corrected chi connectivity index (χ1v) is 21.2. The fourth-order valence-corrected chi connectivity index (χ4v) is 9.63. The van der Waals surface area contributed by atoms with Gasteiger partial charge in [0.25, 0.3) is 0 Å². The predicted octanol–water partition coefficient (Wildman–Crippen LogP) is 5.54. The van der Waals surface area contributed by atoms with Crippen molar-refractivity contribution in [2.75, 3.05) is 34.4 Å². The van der Waals surface area contributed by atoms with Gasteiger partial charge in [0, 0.05) is 58.6 Å². The third-order valence-corrected chi connectivity index (χ3v) is 13.1. The van der Waals surface area contributed by atoms with E-state index < -0.39 is 60.0 Å². The Labute approximate surface area is 335 Å². The molecule has 0 radical (unpaired) electrons. The second-order valence-corrected chi connectivity index (χ2v) is 17.7. The number of ether oxygens (including phenoxy) is 5. The van der Waals surface area contributed by atoms with Crippen LogP contribution in [-0.2, 0) is 38.1 Å². The SMILES string of the molecule is CCC[C@H]1/C=C(\C)C[C@@H](C)C[C@H](OC)C2O[C@](O)(CC(=O)N3CCC[C@H](C3)C(=O)OC(/C(C)=C\[C@@H]3CC[C@@H](O)[C@H](OC)C3)[C@@H](C)[C@H](O)CC1=O)[C@H](C)C[C@@H]2OC. The number of carbonyl (C=O) groups excluding carboxylic acids is 3. The number of amides is 1. The summed E-state index contributed by atoms with van der Waals surface area (Å²) in [5, 5.41) is 34.1. The lowest BCUT2D eigenvalue weighted by Gasteiger charge is -2.48. The lowest BCUT2D eigenvalue weighted by molar-refractivity contribution is -0.321. The fraction of sp³-hybridized carbons (Fsp3) is 0.841. The number of aliphatic hydroxyl groups is 3. The number of methoxy groups -OCH3 is 3. The van der Waals surface area contributed by atoms with Crippen LogP contribution < -0.4 is 0 Å². The normalized spacial score (nSPS) is 41.5. The van der Waals surface area contributed by atoms with Crippen LogP contribution in [0.3, 0.4) is 0 Å². The van der Waals surface area contributed by atoms with Gasteiger partial charge in [-0.2, -0.15) is 0 Å². The lowest BCUT2D eigenvalue weighted by atomic mass is 9.81. The van der Waals surface area contributed by atoms with Crippen molar-refractivity contribution in [2.45, 2.75) is 167 Å². The van der Waals surface area contributed by atoms with E-state index in [2.05, 4.69) is 13.0 Å². The Morgan fingerprint density at radius 1 is 0.946 bits per heavy atom. The summed E-state index contributed by atoms with van der Waals surface area (Å²) < 4.78 is 30.2. The first-order chi connectivity index (χ1) is 26.5. The Balaban J connectivity index is 1.69. The summed E-state index contributed by atoms with van der Waals surface area (Å²) in [7, 11) is 4.84. The summed E-state index contributed by atoms with van der Waals surface area (Å²) in [6, 6.07) is 0. The topological polar surface area (TPSA) is 161 Å². The molecule has 3 N–H and O–H groups in total. The molecule has 2 unspecified atom stereocenters. The van der Waals surface area contributed by atoms with Crippen LogP contribution >= 0.6 is 0 Å². The van der Waals surface area contributed by atoms with Gasteiger partial charge in [-0.05, 0) is 89.0 Å². The summed E-state index contributed by atoms with van der Waals surface area (Å²) in [5.41, 5.74) is 1.83. The minimum absolute atomic E-state index is 0.0561. The van der Waals surface area contributed by atoms with Gasteiger partial charge in [-0.15, -0.1) is 0 Å². The van der Waals surface area contributed by atoms with Crippen molar-refractivity contribution in [1.82, 2.24) is 4.90 Å². The van der Waals surface area contributed by atoms with E-state index >= 15 is 0 Å². The highest BCUT2D eigenvalue weighted by atomic mass is 16.7. The van der Waals surface area contributed by atoms with Gasteiger partial charge < -0.3 is 43.9 Å². The number of nitrogens with zero attached hydrogens (tertiary/aromatic N) is 1. The van der Waals surface area contributed by atoms with E-state index in [-0.39, 0.29) is 61.0 Å². The first-order valence-electron chi connectivity index (χ1n) is 21.2. The molecular formula is C44H73NO11. The number of ketones is 1. The Morgan fingerprint density at radius 3 is 2.29 bits per heavy atom. The number of Topliss-reactive ketones (excluding diaryl/α,β-unsaturated/α-hetero) is 1. The van der Waals surface area contributed by atoms with Crippen molar-refractivity contribution >= 4 is 17.7 Å². The minimum atomic E-state index is -1.76. The maximum atomic E-state index is 14.1. The summed E-state index contributed by atoms with van der Waals surface area (Å²) in [5.74, 6) is -4.38.